The molecule has 1 fully saturated rings. The summed E-state index contributed by atoms with van der Waals surface area (Å²) in [5.74, 6) is 1.18. The first-order chi connectivity index (χ1) is 11.2. The zero-order valence-electron chi connectivity index (χ0n) is 13.5. The number of nitrogens with zero attached hydrogens (tertiary/aromatic N) is 1. The van der Waals surface area contributed by atoms with Crippen LogP contribution < -0.4 is 0 Å². The van der Waals surface area contributed by atoms with Crippen LogP contribution in [0, 0.1) is 5.92 Å². The van der Waals surface area contributed by atoms with Crippen LogP contribution >= 0.6 is 15.9 Å². The molecule has 1 aliphatic heterocycles. The number of benzene rings is 1. The van der Waals surface area contributed by atoms with Crippen LogP contribution in [0.4, 0.5) is 0 Å². The maximum Gasteiger partial charge on any atom is 0.0864 e. The fourth-order valence-corrected chi connectivity index (χ4v) is 5.25. The lowest BCUT2D eigenvalue weighted by molar-refractivity contribution is 0.0499. The van der Waals surface area contributed by atoms with Gasteiger partial charge in [0.05, 0.1) is 11.2 Å². The topological polar surface area (TPSA) is 28.3 Å². The SMILES string of the molecule is C=CCN1C[C@H](COC)CC2c3cccc4[nH]c(Br)c(c34)C[C@H]21. The van der Waals surface area contributed by atoms with E-state index >= 15 is 0 Å². The molecule has 0 radical (unpaired) electrons. The van der Waals surface area contributed by atoms with Crippen LogP contribution in [-0.4, -0.2) is 42.7 Å². The van der Waals surface area contributed by atoms with Crippen molar-refractivity contribution in [1.29, 1.82) is 0 Å². The summed E-state index contributed by atoms with van der Waals surface area (Å²) in [4.78, 5) is 6.11. The minimum Gasteiger partial charge on any atom is -0.384 e. The zero-order valence-corrected chi connectivity index (χ0v) is 15.1. The molecule has 2 aliphatic rings. The summed E-state index contributed by atoms with van der Waals surface area (Å²) in [6, 6.07) is 7.25. The number of aromatic nitrogens is 1. The van der Waals surface area contributed by atoms with Crippen LogP contribution in [-0.2, 0) is 11.2 Å². The molecule has 1 N–H and O–H groups in total. The molecule has 0 amide bonds. The lowest BCUT2D eigenvalue weighted by atomic mass is 9.72. The van der Waals surface area contributed by atoms with Gasteiger partial charge in [-0.05, 0) is 51.9 Å². The molecule has 2 aromatic rings. The van der Waals surface area contributed by atoms with Gasteiger partial charge >= 0.3 is 0 Å². The second-order valence-electron chi connectivity index (χ2n) is 6.86. The normalized spacial score (nSPS) is 27.1. The average molecular weight is 375 g/mol. The summed E-state index contributed by atoms with van der Waals surface area (Å²) in [6.07, 6.45) is 4.36. The lowest BCUT2D eigenvalue weighted by Crippen LogP contribution is -2.50. The smallest absolute Gasteiger partial charge is 0.0864 e. The molecular formula is C19H23BrN2O. The molecule has 1 aromatic heterocycles. The third kappa shape index (κ3) is 2.48. The summed E-state index contributed by atoms with van der Waals surface area (Å²) in [5.41, 5.74) is 4.20. The van der Waals surface area contributed by atoms with Gasteiger partial charge in [-0.2, -0.15) is 0 Å². The van der Waals surface area contributed by atoms with Gasteiger partial charge in [-0.15, -0.1) is 6.58 Å². The Bertz CT molecular complexity index is 738. The Morgan fingerprint density at radius 3 is 3.13 bits per heavy atom. The minimum atomic E-state index is 0.561. The van der Waals surface area contributed by atoms with Crippen LogP contribution in [0.1, 0.15) is 23.5 Å². The van der Waals surface area contributed by atoms with E-state index in [1.807, 2.05) is 13.2 Å². The summed E-state index contributed by atoms with van der Waals surface area (Å²) in [7, 11) is 1.81. The van der Waals surface area contributed by atoms with Gasteiger partial charge in [0.25, 0.3) is 0 Å². The second-order valence-corrected chi connectivity index (χ2v) is 7.66. The fourth-order valence-electron chi connectivity index (χ4n) is 4.67. The number of halogens is 1. The highest BCUT2D eigenvalue weighted by Crippen LogP contribution is 2.46. The van der Waals surface area contributed by atoms with Gasteiger partial charge in [-0.25, -0.2) is 0 Å². The van der Waals surface area contributed by atoms with E-state index in [1.54, 1.807) is 0 Å². The Balaban J connectivity index is 1.80. The van der Waals surface area contributed by atoms with Gasteiger partial charge in [0, 0.05) is 43.1 Å². The number of methoxy groups -OCH3 is 1. The Labute approximate surface area is 145 Å². The third-order valence-electron chi connectivity index (χ3n) is 5.50. The highest BCUT2D eigenvalue weighted by Gasteiger charge is 2.40. The first-order valence-corrected chi connectivity index (χ1v) is 9.15. The lowest BCUT2D eigenvalue weighted by Gasteiger charge is -2.46. The second kappa shape index (κ2) is 6.08. The molecule has 3 nitrogen and oxygen atoms in total. The van der Waals surface area contributed by atoms with E-state index in [9.17, 15) is 0 Å². The quantitative estimate of drug-likeness (QED) is 0.816. The Kier molecular flexibility index (Phi) is 4.08. The molecule has 1 unspecified atom stereocenters. The van der Waals surface area contributed by atoms with E-state index in [2.05, 4.69) is 50.6 Å². The van der Waals surface area contributed by atoms with E-state index in [1.165, 1.54) is 28.5 Å². The monoisotopic (exact) mass is 374 g/mol. The summed E-state index contributed by atoms with van der Waals surface area (Å²) >= 11 is 3.74. The highest BCUT2D eigenvalue weighted by molar-refractivity contribution is 9.10. The van der Waals surface area contributed by atoms with Gasteiger partial charge in [-0.3, -0.25) is 4.90 Å². The van der Waals surface area contributed by atoms with Crippen LogP contribution in [0.25, 0.3) is 10.9 Å². The van der Waals surface area contributed by atoms with Crippen molar-refractivity contribution in [3.05, 3.63) is 46.6 Å². The molecule has 1 saturated heterocycles. The van der Waals surface area contributed by atoms with E-state index in [0.717, 1.165) is 30.7 Å². The van der Waals surface area contributed by atoms with Crippen molar-refractivity contribution in [2.24, 2.45) is 5.92 Å². The summed E-state index contributed by atoms with van der Waals surface area (Å²) in [5, 5.41) is 1.44. The van der Waals surface area contributed by atoms with Crippen molar-refractivity contribution in [3.63, 3.8) is 0 Å². The standard InChI is InChI=1S/C19H23BrN2O/c1-3-7-22-10-12(11-23-2)8-14-13-5-4-6-16-18(13)15(9-17(14)22)19(20)21-16/h3-6,12,14,17,21H,1,7-11H2,2H3/t12-,14?,17-/m1/s1. The molecule has 23 heavy (non-hydrogen) atoms. The first-order valence-electron chi connectivity index (χ1n) is 8.35. The number of rotatable bonds is 4. The number of hydrogen-bond donors (Lipinski definition) is 1. The van der Waals surface area contributed by atoms with Crippen molar-refractivity contribution < 1.29 is 4.74 Å². The van der Waals surface area contributed by atoms with Crippen molar-refractivity contribution in [3.8, 4) is 0 Å². The van der Waals surface area contributed by atoms with Gasteiger partial charge in [0.15, 0.2) is 0 Å². The molecule has 1 aliphatic carbocycles. The molecule has 122 valence electrons. The highest BCUT2D eigenvalue weighted by atomic mass is 79.9. The van der Waals surface area contributed by atoms with Gasteiger partial charge in [0.2, 0.25) is 0 Å². The van der Waals surface area contributed by atoms with E-state index in [0.29, 0.717) is 17.9 Å². The Morgan fingerprint density at radius 1 is 1.48 bits per heavy atom. The van der Waals surface area contributed by atoms with E-state index in [-0.39, 0.29) is 0 Å². The number of aromatic amines is 1. The minimum absolute atomic E-state index is 0.561. The van der Waals surface area contributed by atoms with Gasteiger partial charge in [0.1, 0.15) is 0 Å². The maximum atomic E-state index is 5.47. The number of likely N-dealkylation sites (tertiary alicyclic amines) is 1. The molecule has 3 atom stereocenters. The van der Waals surface area contributed by atoms with Crippen LogP contribution in [0.3, 0.4) is 0 Å². The van der Waals surface area contributed by atoms with Crippen LogP contribution in [0.15, 0.2) is 35.5 Å². The van der Waals surface area contributed by atoms with Crippen molar-refractivity contribution in [2.45, 2.75) is 24.8 Å². The fraction of sp³-hybridized carbons (Fsp3) is 0.474. The number of hydrogen-bond acceptors (Lipinski definition) is 2. The van der Waals surface area contributed by atoms with Crippen molar-refractivity contribution in [1.82, 2.24) is 9.88 Å². The molecule has 0 saturated carbocycles. The van der Waals surface area contributed by atoms with Crippen molar-refractivity contribution >= 4 is 26.8 Å². The average Bonchev–Trinajstić information content (AvgIpc) is 2.86. The number of nitrogens with one attached hydrogen (secondary N) is 1. The maximum absolute atomic E-state index is 5.47. The van der Waals surface area contributed by atoms with Gasteiger partial charge in [-0.1, -0.05) is 18.2 Å². The first kappa shape index (κ1) is 15.4. The predicted octanol–water partition coefficient (Wildman–Crippen LogP) is 4.09. The number of piperidine rings is 1. The molecule has 0 spiro atoms. The van der Waals surface area contributed by atoms with E-state index in [4.69, 9.17) is 4.74 Å². The molecule has 4 heteroatoms. The van der Waals surface area contributed by atoms with E-state index < -0.39 is 0 Å². The summed E-state index contributed by atoms with van der Waals surface area (Å²) < 4.78 is 6.62. The largest absolute Gasteiger partial charge is 0.384 e. The Morgan fingerprint density at radius 2 is 2.35 bits per heavy atom. The Hall–Kier alpha value is -1.10. The molecule has 1 aromatic carbocycles. The summed E-state index contributed by atoms with van der Waals surface area (Å²) in [6.45, 7) is 6.87. The van der Waals surface area contributed by atoms with Crippen LogP contribution in [0.5, 0.6) is 0 Å². The predicted molar refractivity (Wildman–Crippen MR) is 98.0 cm³/mol. The van der Waals surface area contributed by atoms with Gasteiger partial charge < -0.3 is 9.72 Å². The third-order valence-corrected chi connectivity index (χ3v) is 6.18. The number of fused-ring (bicyclic) bond motifs is 2. The van der Waals surface area contributed by atoms with Crippen LogP contribution in [0.2, 0.25) is 0 Å². The molecule has 4 rings (SSSR count). The number of H-pyrrole nitrogens is 1. The number of ether oxygens (including phenoxy) is 1. The molecular weight excluding hydrogens is 352 g/mol. The van der Waals surface area contributed by atoms with Crippen molar-refractivity contribution in [2.75, 3.05) is 26.8 Å². The molecule has 0 bridgehead atoms. The molecule has 2 heterocycles. The zero-order chi connectivity index (χ0) is 16.0.